The standard InChI is InChI=1S/C18H22N4O3S/c1-20-13-14(12-19-20)16-11-17(16)18(23)21-7-9-22(10-8-21)26(24,25)15-5-3-2-4-6-15/h2-6,12-13,16-17H,7-11H2,1H3/t16-,17+/m1/s1. The van der Waals surface area contributed by atoms with Crippen molar-refractivity contribution in [1.82, 2.24) is 19.0 Å². The van der Waals surface area contributed by atoms with Gasteiger partial charge in [0.05, 0.1) is 11.1 Å². The van der Waals surface area contributed by atoms with Crippen LogP contribution in [0.3, 0.4) is 0 Å². The molecule has 0 bridgehead atoms. The molecule has 138 valence electrons. The third-order valence-corrected chi connectivity index (χ3v) is 7.10. The van der Waals surface area contributed by atoms with Crippen LogP contribution in [0.5, 0.6) is 0 Å². The van der Waals surface area contributed by atoms with Crippen molar-refractivity contribution in [2.75, 3.05) is 26.2 Å². The lowest BCUT2D eigenvalue weighted by molar-refractivity contribution is -0.133. The molecule has 1 aromatic carbocycles. The van der Waals surface area contributed by atoms with Crippen molar-refractivity contribution in [1.29, 1.82) is 0 Å². The van der Waals surface area contributed by atoms with Crippen molar-refractivity contribution in [3.05, 3.63) is 48.3 Å². The Bertz CT molecular complexity index is 902. The molecule has 1 amide bonds. The van der Waals surface area contributed by atoms with E-state index in [-0.39, 0.29) is 17.7 Å². The number of aromatic nitrogens is 2. The molecule has 1 aliphatic heterocycles. The molecular formula is C18H22N4O3S. The normalized spacial score (nSPS) is 23.8. The molecule has 2 aliphatic rings. The van der Waals surface area contributed by atoms with E-state index in [0.29, 0.717) is 31.1 Å². The predicted molar refractivity (Wildman–Crippen MR) is 95.8 cm³/mol. The SMILES string of the molecule is Cn1cc([C@H]2C[C@@H]2C(=O)N2CCN(S(=O)(=O)c3ccccc3)CC2)cn1. The van der Waals surface area contributed by atoms with Crippen LogP contribution in [-0.2, 0) is 21.9 Å². The van der Waals surface area contributed by atoms with Gasteiger partial charge in [0.25, 0.3) is 0 Å². The number of benzene rings is 1. The van der Waals surface area contributed by atoms with Crippen LogP contribution in [0, 0.1) is 5.92 Å². The number of nitrogens with zero attached hydrogens (tertiary/aromatic N) is 4. The van der Waals surface area contributed by atoms with Gasteiger partial charge in [-0.15, -0.1) is 0 Å². The average Bonchev–Trinajstić information content (AvgIpc) is 3.35. The van der Waals surface area contributed by atoms with Gasteiger partial charge in [-0.1, -0.05) is 18.2 Å². The van der Waals surface area contributed by atoms with Crippen LogP contribution in [0.25, 0.3) is 0 Å². The summed E-state index contributed by atoms with van der Waals surface area (Å²) in [6.45, 7) is 1.57. The third-order valence-electron chi connectivity index (χ3n) is 5.19. The van der Waals surface area contributed by atoms with Gasteiger partial charge in [-0.25, -0.2) is 8.42 Å². The number of hydrogen-bond donors (Lipinski definition) is 0. The summed E-state index contributed by atoms with van der Waals surface area (Å²) in [6.07, 6.45) is 4.64. The highest BCUT2D eigenvalue weighted by Gasteiger charge is 2.47. The van der Waals surface area contributed by atoms with Gasteiger partial charge in [-0.3, -0.25) is 9.48 Å². The summed E-state index contributed by atoms with van der Waals surface area (Å²) in [6, 6.07) is 8.45. The molecule has 2 heterocycles. The largest absolute Gasteiger partial charge is 0.340 e. The fraction of sp³-hybridized carbons (Fsp3) is 0.444. The monoisotopic (exact) mass is 374 g/mol. The van der Waals surface area contributed by atoms with Crippen LogP contribution in [0.4, 0.5) is 0 Å². The van der Waals surface area contributed by atoms with Gasteiger partial charge in [0, 0.05) is 45.3 Å². The first-order chi connectivity index (χ1) is 12.5. The zero-order chi connectivity index (χ0) is 18.3. The first-order valence-electron chi connectivity index (χ1n) is 8.79. The van der Waals surface area contributed by atoms with Gasteiger partial charge in [0.2, 0.25) is 15.9 Å². The minimum Gasteiger partial charge on any atom is -0.340 e. The van der Waals surface area contributed by atoms with E-state index >= 15 is 0 Å². The van der Waals surface area contributed by atoms with E-state index in [1.54, 1.807) is 39.9 Å². The van der Waals surface area contributed by atoms with Crippen molar-refractivity contribution < 1.29 is 13.2 Å². The predicted octanol–water partition coefficient (Wildman–Crippen LogP) is 1.06. The van der Waals surface area contributed by atoms with Gasteiger partial charge < -0.3 is 4.90 Å². The molecule has 0 unspecified atom stereocenters. The highest BCUT2D eigenvalue weighted by molar-refractivity contribution is 7.89. The number of hydrogen-bond acceptors (Lipinski definition) is 4. The third kappa shape index (κ3) is 3.14. The molecule has 1 aliphatic carbocycles. The lowest BCUT2D eigenvalue weighted by atomic mass is 10.2. The molecule has 8 heteroatoms. The molecule has 1 saturated carbocycles. The highest BCUT2D eigenvalue weighted by Crippen LogP contribution is 2.48. The van der Waals surface area contributed by atoms with Crippen LogP contribution in [0.2, 0.25) is 0 Å². The Morgan fingerprint density at radius 2 is 1.81 bits per heavy atom. The quantitative estimate of drug-likeness (QED) is 0.802. The molecule has 0 N–H and O–H groups in total. The van der Waals surface area contributed by atoms with Gasteiger partial charge in [-0.2, -0.15) is 9.40 Å². The molecule has 2 fully saturated rings. The molecule has 4 rings (SSSR count). The zero-order valence-corrected chi connectivity index (χ0v) is 15.5. The van der Waals surface area contributed by atoms with E-state index in [1.165, 1.54) is 4.31 Å². The lowest BCUT2D eigenvalue weighted by Gasteiger charge is -2.34. The van der Waals surface area contributed by atoms with Crippen LogP contribution in [0.15, 0.2) is 47.6 Å². The van der Waals surface area contributed by atoms with Gasteiger partial charge in [-0.05, 0) is 30.0 Å². The Labute approximate surface area is 153 Å². The van der Waals surface area contributed by atoms with Crippen molar-refractivity contribution in [3.63, 3.8) is 0 Å². The molecule has 26 heavy (non-hydrogen) atoms. The average molecular weight is 374 g/mol. The van der Waals surface area contributed by atoms with Crippen molar-refractivity contribution in [2.45, 2.75) is 17.2 Å². The second-order valence-corrected chi connectivity index (χ2v) is 8.88. The molecule has 1 aromatic heterocycles. The fourth-order valence-corrected chi connectivity index (χ4v) is 5.04. The smallest absolute Gasteiger partial charge is 0.243 e. The molecule has 2 aromatic rings. The summed E-state index contributed by atoms with van der Waals surface area (Å²) in [5.41, 5.74) is 1.11. The number of aryl methyl sites for hydroxylation is 1. The first kappa shape index (κ1) is 17.2. The van der Waals surface area contributed by atoms with Crippen LogP contribution >= 0.6 is 0 Å². The van der Waals surface area contributed by atoms with E-state index in [4.69, 9.17) is 0 Å². The molecule has 0 radical (unpaired) electrons. The maximum absolute atomic E-state index is 12.7. The minimum absolute atomic E-state index is 0.0106. The number of piperazine rings is 1. The molecule has 7 nitrogen and oxygen atoms in total. The highest BCUT2D eigenvalue weighted by atomic mass is 32.2. The maximum atomic E-state index is 12.7. The van der Waals surface area contributed by atoms with Crippen LogP contribution in [-0.4, -0.2) is 59.5 Å². The Morgan fingerprint density at radius 3 is 2.42 bits per heavy atom. The van der Waals surface area contributed by atoms with Crippen molar-refractivity contribution >= 4 is 15.9 Å². The Morgan fingerprint density at radius 1 is 1.12 bits per heavy atom. The summed E-state index contributed by atoms with van der Waals surface area (Å²) < 4.78 is 28.5. The summed E-state index contributed by atoms with van der Waals surface area (Å²) >= 11 is 0. The summed E-state index contributed by atoms with van der Waals surface area (Å²) in [7, 11) is -1.61. The fourth-order valence-electron chi connectivity index (χ4n) is 3.59. The van der Waals surface area contributed by atoms with Crippen LogP contribution in [0.1, 0.15) is 17.9 Å². The second-order valence-electron chi connectivity index (χ2n) is 6.94. The second kappa shape index (κ2) is 6.51. The lowest BCUT2D eigenvalue weighted by Crippen LogP contribution is -2.51. The summed E-state index contributed by atoms with van der Waals surface area (Å²) in [5.74, 6) is 0.398. The van der Waals surface area contributed by atoms with E-state index in [9.17, 15) is 13.2 Å². The number of rotatable bonds is 4. The van der Waals surface area contributed by atoms with Gasteiger partial charge >= 0.3 is 0 Å². The molecule has 1 saturated heterocycles. The molecular weight excluding hydrogens is 352 g/mol. The van der Waals surface area contributed by atoms with Crippen molar-refractivity contribution in [3.8, 4) is 0 Å². The maximum Gasteiger partial charge on any atom is 0.243 e. The summed E-state index contributed by atoms with van der Waals surface area (Å²) in [4.78, 5) is 14.8. The number of sulfonamides is 1. The van der Waals surface area contributed by atoms with Crippen LogP contribution < -0.4 is 0 Å². The van der Waals surface area contributed by atoms with E-state index < -0.39 is 10.0 Å². The topological polar surface area (TPSA) is 75.5 Å². The molecule has 0 spiro atoms. The Kier molecular flexibility index (Phi) is 4.32. The zero-order valence-electron chi connectivity index (χ0n) is 14.7. The minimum atomic E-state index is -3.48. The first-order valence-corrected chi connectivity index (χ1v) is 10.2. The Balaban J connectivity index is 1.36. The molecule has 2 atom stereocenters. The number of amides is 1. The van der Waals surface area contributed by atoms with E-state index in [2.05, 4.69) is 5.10 Å². The number of carbonyl (C=O) groups is 1. The van der Waals surface area contributed by atoms with Gasteiger partial charge in [0.1, 0.15) is 0 Å². The van der Waals surface area contributed by atoms with E-state index in [1.807, 2.05) is 19.4 Å². The van der Waals surface area contributed by atoms with Crippen molar-refractivity contribution in [2.24, 2.45) is 13.0 Å². The Hall–Kier alpha value is -2.19. The van der Waals surface area contributed by atoms with Gasteiger partial charge in [0.15, 0.2) is 0 Å². The van der Waals surface area contributed by atoms with E-state index in [0.717, 1.165) is 12.0 Å². The summed E-state index contributed by atoms with van der Waals surface area (Å²) in [5, 5.41) is 4.17. The number of carbonyl (C=O) groups excluding carboxylic acids is 1.